The number of fused-ring (bicyclic) bond motifs is 1. The number of aromatic amines is 1. The monoisotopic (exact) mass is 448 g/mol. The Kier molecular flexibility index (Phi) is 5.83. The fraction of sp³-hybridized carbons (Fsp3) is 0.500. The van der Waals surface area contributed by atoms with Gasteiger partial charge in [0.25, 0.3) is 5.91 Å². The molecular weight excluding hydrogens is 416 g/mol. The fourth-order valence-electron chi connectivity index (χ4n) is 5.01. The number of ether oxygens (including phenoxy) is 2. The highest BCUT2D eigenvalue weighted by atomic mass is 16.5. The first-order valence-corrected chi connectivity index (χ1v) is 11.9. The van der Waals surface area contributed by atoms with E-state index >= 15 is 0 Å². The number of likely N-dealkylation sites (tertiary alicyclic amines) is 1. The Hall–Kier alpha value is -2.93. The zero-order chi connectivity index (χ0) is 23.0. The average Bonchev–Trinajstić information content (AvgIpc) is 3.28. The van der Waals surface area contributed by atoms with Crippen LogP contribution in [0.5, 0.6) is 5.75 Å². The number of amides is 1. The molecule has 5 rings (SSSR count). The predicted molar refractivity (Wildman–Crippen MR) is 127 cm³/mol. The molecule has 2 aromatic heterocycles. The Morgan fingerprint density at radius 3 is 2.55 bits per heavy atom. The van der Waals surface area contributed by atoms with Crippen molar-refractivity contribution in [3.8, 4) is 5.75 Å². The molecule has 1 aromatic carbocycles. The van der Waals surface area contributed by atoms with E-state index in [0.29, 0.717) is 18.1 Å². The SMILES string of the molecule is COc1ccc(C(=O)N2CCC(c3ccnc4nc(C5CCC(C)(C)OC5)[nH]c34)CC2)cc1. The van der Waals surface area contributed by atoms with Crippen LogP contribution in [0.1, 0.15) is 73.1 Å². The highest BCUT2D eigenvalue weighted by Gasteiger charge is 2.31. The van der Waals surface area contributed by atoms with Crippen molar-refractivity contribution < 1.29 is 14.3 Å². The number of carbonyl (C=O) groups excluding carboxylic acids is 1. The smallest absolute Gasteiger partial charge is 0.253 e. The molecule has 2 aliphatic rings. The molecule has 0 bridgehead atoms. The molecule has 0 spiro atoms. The first-order chi connectivity index (χ1) is 15.9. The third-order valence-corrected chi connectivity index (χ3v) is 7.16. The number of pyridine rings is 1. The molecular formula is C26H32N4O3. The van der Waals surface area contributed by atoms with Crippen molar-refractivity contribution in [3.63, 3.8) is 0 Å². The summed E-state index contributed by atoms with van der Waals surface area (Å²) in [6.07, 6.45) is 5.80. The molecule has 33 heavy (non-hydrogen) atoms. The van der Waals surface area contributed by atoms with Crippen LogP contribution in [0.2, 0.25) is 0 Å². The Morgan fingerprint density at radius 2 is 1.88 bits per heavy atom. The van der Waals surface area contributed by atoms with Gasteiger partial charge in [-0.15, -0.1) is 0 Å². The van der Waals surface area contributed by atoms with E-state index in [1.807, 2.05) is 35.4 Å². The number of hydrogen-bond donors (Lipinski definition) is 1. The number of aromatic nitrogens is 3. The number of methoxy groups -OCH3 is 1. The lowest BCUT2D eigenvalue weighted by Gasteiger charge is -2.34. The molecule has 1 N–H and O–H groups in total. The van der Waals surface area contributed by atoms with E-state index in [0.717, 1.165) is 61.5 Å². The van der Waals surface area contributed by atoms with E-state index < -0.39 is 0 Å². The van der Waals surface area contributed by atoms with Gasteiger partial charge in [-0.25, -0.2) is 9.97 Å². The minimum atomic E-state index is -0.0524. The molecule has 4 heterocycles. The van der Waals surface area contributed by atoms with E-state index in [9.17, 15) is 4.79 Å². The second-order valence-electron chi connectivity index (χ2n) is 9.82. The molecule has 3 aromatic rings. The maximum absolute atomic E-state index is 12.9. The van der Waals surface area contributed by atoms with Gasteiger partial charge < -0.3 is 19.4 Å². The van der Waals surface area contributed by atoms with Crippen molar-refractivity contribution in [2.24, 2.45) is 0 Å². The maximum Gasteiger partial charge on any atom is 0.253 e. The van der Waals surface area contributed by atoms with Crippen molar-refractivity contribution in [3.05, 3.63) is 53.5 Å². The fourth-order valence-corrected chi connectivity index (χ4v) is 5.01. The van der Waals surface area contributed by atoms with Crippen LogP contribution in [0.15, 0.2) is 36.5 Å². The molecule has 7 heteroatoms. The van der Waals surface area contributed by atoms with Crippen LogP contribution in [0, 0.1) is 0 Å². The molecule has 2 fully saturated rings. The summed E-state index contributed by atoms with van der Waals surface area (Å²) in [5.74, 6) is 2.48. The summed E-state index contributed by atoms with van der Waals surface area (Å²) in [6.45, 7) is 6.46. The lowest BCUT2D eigenvalue weighted by molar-refractivity contribution is -0.0620. The van der Waals surface area contributed by atoms with Crippen LogP contribution in [0.25, 0.3) is 11.2 Å². The number of nitrogens with zero attached hydrogens (tertiary/aromatic N) is 3. The normalized spacial score (nSPS) is 21.3. The molecule has 1 unspecified atom stereocenters. The van der Waals surface area contributed by atoms with Crippen molar-refractivity contribution >= 4 is 17.1 Å². The van der Waals surface area contributed by atoms with Gasteiger partial charge in [-0.05, 0) is 81.3 Å². The van der Waals surface area contributed by atoms with Gasteiger partial charge in [0.1, 0.15) is 11.6 Å². The maximum atomic E-state index is 12.9. The highest BCUT2D eigenvalue weighted by molar-refractivity contribution is 5.94. The largest absolute Gasteiger partial charge is 0.497 e. The second kappa shape index (κ2) is 8.78. The minimum Gasteiger partial charge on any atom is -0.497 e. The van der Waals surface area contributed by atoms with E-state index in [1.54, 1.807) is 7.11 Å². The summed E-state index contributed by atoms with van der Waals surface area (Å²) < 4.78 is 11.2. The number of carbonyl (C=O) groups is 1. The van der Waals surface area contributed by atoms with Gasteiger partial charge in [-0.2, -0.15) is 0 Å². The highest BCUT2D eigenvalue weighted by Crippen LogP contribution is 2.36. The average molecular weight is 449 g/mol. The molecule has 0 aliphatic carbocycles. The molecule has 1 atom stereocenters. The molecule has 2 aliphatic heterocycles. The quantitative estimate of drug-likeness (QED) is 0.628. The molecule has 174 valence electrons. The van der Waals surface area contributed by atoms with Gasteiger partial charge in [0.05, 0.1) is 24.8 Å². The van der Waals surface area contributed by atoms with Gasteiger partial charge >= 0.3 is 0 Å². The van der Waals surface area contributed by atoms with Gasteiger partial charge in [0, 0.05) is 30.8 Å². The first-order valence-electron chi connectivity index (χ1n) is 11.9. The van der Waals surface area contributed by atoms with Crippen molar-refractivity contribution in [1.29, 1.82) is 0 Å². The topological polar surface area (TPSA) is 80.3 Å². The van der Waals surface area contributed by atoms with Crippen LogP contribution in [-0.4, -0.2) is 58.2 Å². The van der Waals surface area contributed by atoms with E-state index in [2.05, 4.69) is 29.9 Å². The lowest BCUT2D eigenvalue weighted by Crippen LogP contribution is -2.37. The van der Waals surface area contributed by atoms with Crippen molar-refractivity contribution in [2.75, 3.05) is 26.8 Å². The van der Waals surface area contributed by atoms with Crippen molar-refractivity contribution in [1.82, 2.24) is 19.9 Å². The van der Waals surface area contributed by atoms with Crippen LogP contribution < -0.4 is 4.74 Å². The van der Waals surface area contributed by atoms with Crippen LogP contribution in [-0.2, 0) is 4.74 Å². The Balaban J connectivity index is 1.28. The Morgan fingerprint density at radius 1 is 1.12 bits per heavy atom. The molecule has 0 saturated carbocycles. The number of imidazole rings is 1. The van der Waals surface area contributed by atoms with Gasteiger partial charge in [0.15, 0.2) is 5.65 Å². The number of hydrogen-bond acceptors (Lipinski definition) is 5. The zero-order valence-corrected chi connectivity index (χ0v) is 19.6. The van der Waals surface area contributed by atoms with Crippen LogP contribution >= 0.6 is 0 Å². The summed E-state index contributed by atoms with van der Waals surface area (Å²) in [4.78, 5) is 27.8. The molecule has 2 saturated heterocycles. The molecule has 1 amide bonds. The third-order valence-electron chi connectivity index (χ3n) is 7.16. The van der Waals surface area contributed by atoms with E-state index in [4.69, 9.17) is 14.5 Å². The van der Waals surface area contributed by atoms with Crippen LogP contribution in [0.4, 0.5) is 0 Å². The van der Waals surface area contributed by atoms with E-state index in [-0.39, 0.29) is 17.4 Å². The number of H-pyrrole nitrogens is 1. The molecule has 7 nitrogen and oxygen atoms in total. The number of nitrogens with one attached hydrogen (secondary N) is 1. The van der Waals surface area contributed by atoms with Crippen molar-refractivity contribution in [2.45, 2.75) is 57.0 Å². The Bertz CT molecular complexity index is 1120. The second-order valence-corrected chi connectivity index (χ2v) is 9.82. The Labute approximate surface area is 194 Å². The zero-order valence-electron chi connectivity index (χ0n) is 19.6. The van der Waals surface area contributed by atoms with Gasteiger partial charge in [0.2, 0.25) is 0 Å². The predicted octanol–water partition coefficient (Wildman–Crippen LogP) is 4.66. The third kappa shape index (κ3) is 4.47. The lowest BCUT2D eigenvalue weighted by atomic mass is 9.89. The standard InChI is InChI=1S/C26H32N4O3/c1-26(2)12-8-19(16-33-26)23-28-22-21(9-13-27-24(22)29-23)17-10-14-30(15-11-17)25(31)18-4-6-20(32-3)7-5-18/h4-7,9,13,17,19H,8,10-12,14-16H2,1-3H3,(H,27,28,29). The summed E-state index contributed by atoms with van der Waals surface area (Å²) in [5, 5.41) is 0. The summed E-state index contributed by atoms with van der Waals surface area (Å²) in [7, 11) is 1.63. The first kappa shape index (κ1) is 21.9. The van der Waals surface area contributed by atoms with Crippen LogP contribution in [0.3, 0.4) is 0 Å². The minimum absolute atomic E-state index is 0.0524. The number of piperidine rings is 1. The number of benzene rings is 1. The summed E-state index contributed by atoms with van der Waals surface area (Å²) in [5.41, 5.74) is 3.73. The van der Waals surface area contributed by atoms with Gasteiger partial charge in [-0.3, -0.25) is 4.79 Å². The summed E-state index contributed by atoms with van der Waals surface area (Å²) >= 11 is 0. The van der Waals surface area contributed by atoms with Gasteiger partial charge in [-0.1, -0.05) is 0 Å². The number of rotatable bonds is 4. The summed E-state index contributed by atoms with van der Waals surface area (Å²) in [6, 6.07) is 9.45. The molecule has 0 radical (unpaired) electrons. The van der Waals surface area contributed by atoms with E-state index in [1.165, 1.54) is 5.56 Å².